The Balaban J connectivity index is 1.93. The molecule has 2 fully saturated rings. The van der Waals surface area contributed by atoms with Crippen molar-refractivity contribution in [1.82, 2.24) is 5.32 Å². The first-order valence-electron chi connectivity index (χ1n) is 5.77. The van der Waals surface area contributed by atoms with Gasteiger partial charge in [-0.1, -0.05) is 6.42 Å². The van der Waals surface area contributed by atoms with Crippen molar-refractivity contribution in [1.29, 1.82) is 0 Å². The average Bonchev–Trinajstić information content (AvgIpc) is 2.37. The highest BCUT2D eigenvalue weighted by molar-refractivity contribution is 4.89. The van der Waals surface area contributed by atoms with Gasteiger partial charge in [0.1, 0.15) is 0 Å². The Morgan fingerprint density at radius 3 is 2.62 bits per heavy atom. The molecule has 0 unspecified atom stereocenters. The van der Waals surface area contributed by atoms with E-state index in [-0.39, 0.29) is 0 Å². The lowest BCUT2D eigenvalue weighted by Crippen LogP contribution is -2.39. The van der Waals surface area contributed by atoms with Gasteiger partial charge in [0.25, 0.3) is 0 Å². The maximum Gasteiger partial charge on any atom is 0.00392 e. The van der Waals surface area contributed by atoms with Crippen LogP contribution in [-0.4, -0.2) is 19.1 Å². The molecule has 1 saturated carbocycles. The normalized spacial score (nSPS) is 41.8. The van der Waals surface area contributed by atoms with Crippen molar-refractivity contribution in [2.24, 2.45) is 11.1 Å². The quantitative estimate of drug-likeness (QED) is 0.598. The maximum absolute atomic E-state index is 5.94. The molecule has 1 aliphatic heterocycles. The van der Waals surface area contributed by atoms with E-state index >= 15 is 0 Å². The van der Waals surface area contributed by atoms with E-state index in [2.05, 4.69) is 5.32 Å². The Morgan fingerprint density at radius 1 is 1.08 bits per heavy atom. The van der Waals surface area contributed by atoms with E-state index in [9.17, 15) is 0 Å². The molecule has 3 N–H and O–H groups in total. The third-order valence-electron chi connectivity index (χ3n) is 3.90. The molecule has 1 aliphatic carbocycles. The fourth-order valence-corrected chi connectivity index (χ4v) is 2.87. The standard InChI is InChI=1S/C11H22N2/c12-10-3-6-11(7-4-10)5-1-2-8-13-9-11/h10,13H,1-9,12H2. The highest BCUT2D eigenvalue weighted by Crippen LogP contribution is 2.40. The third-order valence-corrected chi connectivity index (χ3v) is 3.90. The first-order valence-corrected chi connectivity index (χ1v) is 5.77. The van der Waals surface area contributed by atoms with E-state index in [0.717, 1.165) is 0 Å². The molecule has 0 bridgehead atoms. The van der Waals surface area contributed by atoms with Crippen LogP contribution in [0.3, 0.4) is 0 Å². The van der Waals surface area contributed by atoms with Crippen LogP contribution in [0.5, 0.6) is 0 Å². The molecule has 2 nitrogen and oxygen atoms in total. The molecule has 0 aromatic heterocycles. The summed E-state index contributed by atoms with van der Waals surface area (Å²) in [5.41, 5.74) is 6.57. The second kappa shape index (κ2) is 3.97. The molecule has 1 heterocycles. The van der Waals surface area contributed by atoms with E-state index < -0.39 is 0 Å². The molecular formula is C11H22N2. The highest BCUT2D eigenvalue weighted by atomic mass is 14.9. The summed E-state index contributed by atoms with van der Waals surface area (Å²) >= 11 is 0. The summed E-state index contributed by atoms with van der Waals surface area (Å²) < 4.78 is 0. The summed E-state index contributed by atoms with van der Waals surface area (Å²) in [4.78, 5) is 0. The molecule has 1 spiro atoms. The molecule has 13 heavy (non-hydrogen) atoms. The summed E-state index contributed by atoms with van der Waals surface area (Å²) in [5, 5.41) is 3.58. The van der Waals surface area contributed by atoms with Crippen LogP contribution < -0.4 is 11.1 Å². The van der Waals surface area contributed by atoms with Crippen molar-refractivity contribution in [2.45, 2.75) is 51.0 Å². The zero-order valence-electron chi connectivity index (χ0n) is 8.52. The van der Waals surface area contributed by atoms with Crippen LogP contribution in [-0.2, 0) is 0 Å². The van der Waals surface area contributed by atoms with Gasteiger partial charge in [0.15, 0.2) is 0 Å². The van der Waals surface area contributed by atoms with Gasteiger partial charge in [-0.05, 0) is 50.5 Å². The molecule has 2 heteroatoms. The summed E-state index contributed by atoms with van der Waals surface area (Å²) in [6, 6.07) is 0.494. The van der Waals surface area contributed by atoms with Gasteiger partial charge >= 0.3 is 0 Å². The molecular weight excluding hydrogens is 160 g/mol. The van der Waals surface area contributed by atoms with E-state index in [0.29, 0.717) is 11.5 Å². The summed E-state index contributed by atoms with van der Waals surface area (Å²) in [6.45, 7) is 2.48. The largest absolute Gasteiger partial charge is 0.328 e. The van der Waals surface area contributed by atoms with Crippen molar-refractivity contribution in [3.8, 4) is 0 Å². The van der Waals surface area contributed by atoms with Gasteiger partial charge in [-0.25, -0.2) is 0 Å². The van der Waals surface area contributed by atoms with Crippen LogP contribution in [0, 0.1) is 5.41 Å². The predicted octanol–water partition coefficient (Wildman–Crippen LogP) is 1.65. The Morgan fingerprint density at radius 2 is 1.85 bits per heavy atom. The lowest BCUT2D eigenvalue weighted by Gasteiger charge is -2.38. The monoisotopic (exact) mass is 182 g/mol. The van der Waals surface area contributed by atoms with Crippen molar-refractivity contribution >= 4 is 0 Å². The number of rotatable bonds is 0. The number of hydrogen-bond donors (Lipinski definition) is 2. The molecule has 76 valence electrons. The Bertz CT molecular complexity index is 149. The van der Waals surface area contributed by atoms with Gasteiger partial charge in [-0.15, -0.1) is 0 Å². The van der Waals surface area contributed by atoms with Crippen molar-refractivity contribution in [3.63, 3.8) is 0 Å². The molecule has 0 aromatic rings. The van der Waals surface area contributed by atoms with Crippen LogP contribution in [0.1, 0.15) is 44.9 Å². The van der Waals surface area contributed by atoms with Crippen molar-refractivity contribution in [2.75, 3.05) is 13.1 Å². The predicted molar refractivity (Wildman–Crippen MR) is 55.6 cm³/mol. The highest BCUT2D eigenvalue weighted by Gasteiger charge is 2.34. The minimum Gasteiger partial charge on any atom is -0.328 e. The van der Waals surface area contributed by atoms with Gasteiger partial charge in [0.05, 0.1) is 0 Å². The Labute approximate surface area is 81.3 Å². The molecule has 2 rings (SSSR count). The molecule has 0 atom stereocenters. The van der Waals surface area contributed by atoms with Crippen molar-refractivity contribution in [3.05, 3.63) is 0 Å². The van der Waals surface area contributed by atoms with Gasteiger partial charge in [-0.2, -0.15) is 0 Å². The van der Waals surface area contributed by atoms with E-state index in [1.165, 1.54) is 58.0 Å². The lowest BCUT2D eigenvalue weighted by molar-refractivity contribution is 0.163. The van der Waals surface area contributed by atoms with Crippen LogP contribution in [0.25, 0.3) is 0 Å². The summed E-state index contributed by atoms with van der Waals surface area (Å²) in [5.74, 6) is 0. The first kappa shape index (κ1) is 9.47. The van der Waals surface area contributed by atoms with Crippen molar-refractivity contribution < 1.29 is 0 Å². The zero-order valence-corrected chi connectivity index (χ0v) is 8.52. The Kier molecular flexibility index (Phi) is 2.89. The van der Waals surface area contributed by atoms with Crippen LogP contribution >= 0.6 is 0 Å². The molecule has 0 radical (unpaired) electrons. The fourth-order valence-electron chi connectivity index (χ4n) is 2.87. The summed E-state index contributed by atoms with van der Waals surface area (Å²) in [7, 11) is 0. The molecule has 2 aliphatic rings. The smallest absolute Gasteiger partial charge is 0.00392 e. The van der Waals surface area contributed by atoms with Crippen LogP contribution in [0.15, 0.2) is 0 Å². The van der Waals surface area contributed by atoms with Gasteiger partial charge in [0.2, 0.25) is 0 Å². The van der Waals surface area contributed by atoms with Gasteiger partial charge in [-0.3, -0.25) is 0 Å². The van der Waals surface area contributed by atoms with Crippen LogP contribution in [0.2, 0.25) is 0 Å². The number of hydrogen-bond acceptors (Lipinski definition) is 2. The fraction of sp³-hybridized carbons (Fsp3) is 1.00. The molecule has 0 amide bonds. The first-order chi connectivity index (χ1) is 6.31. The minimum absolute atomic E-state index is 0.494. The SMILES string of the molecule is NC1CCC2(CCCCNC2)CC1. The average molecular weight is 182 g/mol. The van der Waals surface area contributed by atoms with Gasteiger partial charge < -0.3 is 11.1 Å². The van der Waals surface area contributed by atoms with Gasteiger partial charge in [0, 0.05) is 12.6 Å². The van der Waals surface area contributed by atoms with E-state index in [1.807, 2.05) is 0 Å². The van der Waals surface area contributed by atoms with E-state index in [1.54, 1.807) is 0 Å². The zero-order chi connectivity index (χ0) is 9.15. The second-order valence-electron chi connectivity index (χ2n) is 4.97. The topological polar surface area (TPSA) is 38.0 Å². The van der Waals surface area contributed by atoms with Crippen LogP contribution in [0.4, 0.5) is 0 Å². The number of nitrogens with one attached hydrogen (secondary N) is 1. The Hall–Kier alpha value is -0.0800. The minimum atomic E-state index is 0.494. The molecule has 1 saturated heterocycles. The lowest BCUT2D eigenvalue weighted by atomic mass is 9.70. The van der Waals surface area contributed by atoms with E-state index in [4.69, 9.17) is 5.73 Å². The molecule has 0 aromatic carbocycles. The second-order valence-corrected chi connectivity index (χ2v) is 4.97. The third kappa shape index (κ3) is 2.23. The number of nitrogens with two attached hydrogens (primary N) is 1. The summed E-state index contributed by atoms with van der Waals surface area (Å²) in [6.07, 6.45) is 9.45. The maximum atomic E-state index is 5.94.